The Morgan fingerprint density at radius 3 is 2.63 bits per heavy atom. The normalized spacial score (nSPS) is 12.2. The zero-order chi connectivity index (χ0) is 14.1. The van der Waals surface area contributed by atoms with Gasteiger partial charge in [-0.2, -0.15) is 0 Å². The zero-order valence-electron chi connectivity index (χ0n) is 12.4. The molecule has 0 aliphatic rings. The number of ether oxygens (including phenoxy) is 2. The van der Waals surface area contributed by atoms with E-state index >= 15 is 0 Å². The molecule has 0 radical (unpaired) electrons. The Morgan fingerprint density at radius 1 is 1.26 bits per heavy atom. The van der Waals surface area contributed by atoms with Gasteiger partial charge in [-0.1, -0.05) is 45.2 Å². The van der Waals surface area contributed by atoms with Gasteiger partial charge in [-0.25, -0.2) is 0 Å². The molecule has 0 bridgehead atoms. The highest BCUT2D eigenvalue weighted by Gasteiger charge is 2.12. The van der Waals surface area contributed by atoms with Crippen LogP contribution in [0.25, 0.3) is 0 Å². The molecule has 3 heteroatoms. The molecule has 0 heterocycles. The summed E-state index contributed by atoms with van der Waals surface area (Å²) in [7, 11) is 1.66. The van der Waals surface area contributed by atoms with Crippen LogP contribution in [-0.4, -0.2) is 13.7 Å². The van der Waals surface area contributed by atoms with E-state index < -0.39 is 0 Å². The molecule has 1 aromatic rings. The van der Waals surface area contributed by atoms with Crippen LogP contribution in [0.2, 0.25) is 0 Å². The van der Waals surface area contributed by atoms with Crippen molar-refractivity contribution in [2.45, 2.75) is 46.1 Å². The largest absolute Gasteiger partial charge is 0.493 e. The van der Waals surface area contributed by atoms with Crippen molar-refractivity contribution in [3.8, 4) is 11.5 Å². The summed E-state index contributed by atoms with van der Waals surface area (Å²) in [5, 5.41) is 0. The second-order valence-electron chi connectivity index (χ2n) is 4.88. The van der Waals surface area contributed by atoms with Gasteiger partial charge in [0, 0.05) is 12.1 Å². The van der Waals surface area contributed by atoms with E-state index in [0.29, 0.717) is 12.5 Å². The highest BCUT2D eigenvalue weighted by atomic mass is 16.5. The average Bonchev–Trinajstić information content (AvgIpc) is 2.47. The minimum Gasteiger partial charge on any atom is -0.493 e. The second-order valence-corrected chi connectivity index (χ2v) is 4.88. The Hall–Kier alpha value is -1.22. The van der Waals surface area contributed by atoms with Crippen molar-refractivity contribution in [1.29, 1.82) is 0 Å². The molecule has 0 saturated carbocycles. The Labute approximate surface area is 117 Å². The van der Waals surface area contributed by atoms with Crippen molar-refractivity contribution in [2.75, 3.05) is 13.7 Å². The summed E-state index contributed by atoms with van der Waals surface area (Å²) >= 11 is 0. The Kier molecular flexibility index (Phi) is 7.34. The van der Waals surface area contributed by atoms with Crippen molar-refractivity contribution in [2.24, 2.45) is 11.7 Å². The Balaban J connectivity index is 2.69. The maximum atomic E-state index is 6.00. The molecule has 1 atom stereocenters. The van der Waals surface area contributed by atoms with Crippen LogP contribution in [0.3, 0.4) is 0 Å². The monoisotopic (exact) mass is 265 g/mol. The van der Waals surface area contributed by atoms with E-state index in [9.17, 15) is 0 Å². The highest BCUT2D eigenvalue weighted by molar-refractivity contribution is 5.46. The highest BCUT2D eigenvalue weighted by Crippen LogP contribution is 2.31. The number of para-hydroxylation sites is 1. The van der Waals surface area contributed by atoms with Gasteiger partial charge < -0.3 is 15.2 Å². The number of nitrogens with two attached hydrogens (primary N) is 1. The van der Waals surface area contributed by atoms with Gasteiger partial charge in [0.1, 0.15) is 0 Å². The number of unbranched alkanes of at least 4 members (excludes halogenated alkanes) is 1. The van der Waals surface area contributed by atoms with E-state index in [1.54, 1.807) is 7.11 Å². The fourth-order valence-electron chi connectivity index (χ4n) is 2.15. The van der Waals surface area contributed by atoms with Crippen molar-refractivity contribution in [1.82, 2.24) is 0 Å². The third-order valence-electron chi connectivity index (χ3n) is 3.51. The molecule has 0 aromatic heterocycles. The molecule has 108 valence electrons. The van der Waals surface area contributed by atoms with Crippen LogP contribution < -0.4 is 15.2 Å². The molecule has 1 rings (SSSR count). The Bertz CT molecular complexity index is 344. The first-order valence-corrected chi connectivity index (χ1v) is 7.25. The first-order valence-electron chi connectivity index (χ1n) is 7.25. The molecule has 0 aliphatic heterocycles. The molecule has 0 aliphatic carbocycles. The Morgan fingerprint density at radius 2 is 2.05 bits per heavy atom. The first-order chi connectivity index (χ1) is 9.26. The van der Waals surface area contributed by atoms with Crippen molar-refractivity contribution in [3.63, 3.8) is 0 Å². The van der Waals surface area contributed by atoms with Gasteiger partial charge in [0.05, 0.1) is 13.7 Å². The molecule has 0 amide bonds. The number of hydrogen-bond acceptors (Lipinski definition) is 3. The number of rotatable bonds is 9. The molecule has 0 fully saturated rings. The van der Waals surface area contributed by atoms with Crippen LogP contribution in [-0.2, 0) is 6.54 Å². The van der Waals surface area contributed by atoms with Crippen LogP contribution in [0.4, 0.5) is 0 Å². The van der Waals surface area contributed by atoms with Crippen LogP contribution >= 0.6 is 0 Å². The van der Waals surface area contributed by atoms with Crippen LogP contribution in [0.1, 0.15) is 45.1 Å². The fourth-order valence-corrected chi connectivity index (χ4v) is 2.15. The lowest BCUT2D eigenvalue weighted by molar-refractivity contribution is 0.222. The summed E-state index contributed by atoms with van der Waals surface area (Å²) in [5.74, 6) is 2.19. The van der Waals surface area contributed by atoms with Crippen LogP contribution in [0.15, 0.2) is 18.2 Å². The number of methoxy groups -OCH3 is 1. The summed E-state index contributed by atoms with van der Waals surface area (Å²) in [6, 6.07) is 5.86. The molecular weight excluding hydrogens is 238 g/mol. The van der Waals surface area contributed by atoms with Gasteiger partial charge in [-0.15, -0.1) is 0 Å². The van der Waals surface area contributed by atoms with Crippen LogP contribution in [0, 0.1) is 5.92 Å². The zero-order valence-corrected chi connectivity index (χ0v) is 12.4. The van der Waals surface area contributed by atoms with E-state index in [1.165, 1.54) is 19.3 Å². The first kappa shape index (κ1) is 15.8. The van der Waals surface area contributed by atoms with Crippen molar-refractivity contribution < 1.29 is 9.47 Å². The van der Waals surface area contributed by atoms with E-state index in [2.05, 4.69) is 13.8 Å². The lowest BCUT2D eigenvalue weighted by atomic mass is 10.0. The van der Waals surface area contributed by atoms with Crippen molar-refractivity contribution in [3.05, 3.63) is 23.8 Å². The van der Waals surface area contributed by atoms with Gasteiger partial charge in [-0.05, 0) is 18.4 Å². The maximum absolute atomic E-state index is 6.00. The van der Waals surface area contributed by atoms with Gasteiger partial charge in [-0.3, -0.25) is 0 Å². The summed E-state index contributed by atoms with van der Waals surface area (Å²) in [4.78, 5) is 0. The van der Waals surface area contributed by atoms with Crippen LogP contribution in [0.5, 0.6) is 11.5 Å². The minimum atomic E-state index is 0.471. The molecule has 2 N–H and O–H groups in total. The quantitative estimate of drug-likeness (QED) is 0.739. The number of benzene rings is 1. The topological polar surface area (TPSA) is 44.5 Å². The van der Waals surface area contributed by atoms with Crippen molar-refractivity contribution >= 4 is 0 Å². The van der Waals surface area contributed by atoms with E-state index in [0.717, 1.165) is 30.1 Å². The third-order valence-corrected chi connectivity index (χ3v) is 3.51. The molecular formula is C16H27NO2. The average molecular weight is 265 g/mol. The smallest absolute Gasteiger partial charge is 0.165 e. The summed E-state index contributed by atoms with van der Waals surface area (Å²) in [5.41, 5.74) is 6.76. The lowest BCUT2D eigenvalue weighted by Crippen LogP contribution is -2.13. The predicted octanol–water partition coefficient (Wildman–Crippen LogP) is 3.75. The molecule has 1 unspecified atom stereocenters. The molecule has 0 saturated heterocycles. The predicted molar refractivity (Wildman–Crippen MR) is 79.7 cm³/mol. The minimum absolute atomic E-state index is 0.471. The SMILES string of the molecule is CCCCC(CC)COc1c(CN)cccc1OC. The third kappa shape index (κ3) is 4.75. The van der Waals surface area contributed by atoms with Gasteiger partial charge in [0.25, 0.3) is 0 Å². The summed E-state index contributed by atoms with van der Waals surface area (Å²) < 4.78 is 11.3. The fraction of sp³-hybridized carbons (Fsp3) is 0.625. The van der Waals surface area contributed by atoms with E-state index in [1.807, 2.05) is 18.2 Å². The van der Waals surface area contributed by atoms with Gasteiger partial charge in [0.15, 0.2) is 11.5 Å². The summed E-state index contributed by atoms with van der Waals surface area (Å²) in [6.07, 6.45) is 4.87. The second kappa shape index (κ2) is 8.81. The molecule has 1 aromatic carbocycles. The standard InChI is InChI=1S/C16H27NO2/c1-4-6-8-13(5-2)12-19-16-14(11-17)9-7-10-15(16)18-3/h7,9-10,13H,4-6,8,11-12,17H2,1-3H3. The lowest BCUT2D eigenvalue weighted by Gasteiger charge is -2.19. The van der Waals surface area contributed by atoms with Gasteiger partial charge in [0.2, 0.25) is 0 Å². The number of hydrogen-bond donors (Lipinski definition) is 1. The molecule has 19 heavy (non-hydrogen) atoms. The van der Waals surface area contributed by atoms with E-state index in [4.69, 9.17) is 15.2 Å². The summed E-state index contributed by atoms with van der Waals surface area (Å²) in [6.45, 7) is 5.65. The molecule has 0 spiro atoms. The maximum Gasteiger partial charge on any atom is 0.165 e. The van der Waals surface area contributed by atoms with Gasteiger partial charge >= 0.3 is 0 Å². The van der Waals surface area contributed by atoms with E-state index in [-0.39, 0.29) is 0 Å². The molecule has 3 nitrogen and oxygen atoms in total.